The van der Waals surface area contributed by atoms with E-state index in [0.29, 0.717) is 5.56 Å². The number of carbonyl (C=O) groups excluding carboxylic acids is 1. The van der Waals surface area contributed by atoms with Gasteiger partial charge in [-0.3, -0.25) is 4.79 Å². The van der Waals surface area contributed by atoms with E-state index in [4.69, 9.17) is 0 Å². The molecule has 0 saturated heterocycles. The van der Waals surface area contributed by atoms with Crippen LogP contribution in [0.25, 0.3) is 0 Å². The molecule has 0 unspecified atom stereocenters. The lowest BCUT2D eigenvalue weighted by atomic mass is 9.80. The summed E-state index contributed by atoms with van der Waals surface area (Å²) in [6.07, 6.45) is -5.54. The standard InChI is InChI=1S/C12H12F4O/c1-11(2,7-10(17)12(14,15)16)8-4-3-5-9(13)6-8/h3-6H,7H2,1-2H3. The Hall–Kier alpha value is -1.39. The van der Waals surface area contributed by atoms with Crippen molar-refractivity contribution in [3.63, 3.8) is 0 Å². The molecular weight excluding hydrogens is 236 g/mol. The van der Waals surface area contributed by atoms with Gasteiger partial charge in [-0.1, -0.05) is 26.0 Å². The third kappa shape index (κ3) is 3.54. The van der Waals surface area contributed by atoms with Gasteiger partial charge in [0.2, 0.25) is 5.78 Å². The van der Waals surface area contributed by atoms with E-state index in [1.165, 1.54) is 32.0 Å². The van der Waals surface area contributed by atoms with Gasteiger partial charge in [0.25, 0.3) is 0 Å². The maximum Gasteiger partial charge on any atom is 0.450 e. The zero-order chi connectivity index (χ0) is 13.3. The van der Waals surface area contributed by atoms with Crippen molar-refractivity contribution >= 4 is 5.78 Å². The smallest absolute Gasteiger partial charge is 0.290 e. The zero-order valence-corrected chi connectivity index (χ0v) is 9.44. The van der Waals surface area contributed by atoms with Crippen LogP contribution in [0.3, 0.4) is 0 Å². The minimum absolute atomic E-state index is 0.370. The third-order valence-electron chi connectivity index (χ3n) is 2.52. The number of ketones is 1. The van der Waals surface area contributed by atoms with Crippen LogP contribution in [0.1, 0.15) is 25.8 Å². The van der Waals surface area contributed by atoms with E-state index in [1.54, 1.807) is 0 Å². The number of alkyl halides is 3. The molecule has 0 bridgehead atoms. The molecular formula is C12H12F4O. The normalized spacial score (nSPS) is 12.6. The van der Waals surface area contributed by atoms with Crippen LogP contribution in [0.2, 0.25) is 0 Å². The van der Waals surface area contributed by atoms with E-state index in [2.05, 4.69) is 0 Å². The lowest BCUT2D eigenvalue weighted by molar-refractivity contribution is -0.172. The Morgan fingerprint density at radius 1 is 1.24 bits per heavy atom. The van der Waals surface area contributed by atoms with Gasteiger partial charge < -0.3 is 0 Å². The molecule has 1 aromatic rings. The highest BCUT2D eigenvalue weighted by molar-refractivity contribution is 5.85. The summed E-state index contributed by atoms with van der Waals surface area (Å²) in [7, 11) is 0. The largest absolute Gasteiger partial charge is 0.450 e. The van der Waals surface area contributed by atoms with E-state index < -0.39 is 29.6 Å². The molecule has 0 aliphatic rings. The van der Waals surface area contributed by atoms with Crippen LogP contribution in [0.15, 0.2) is 24.3 Å². The number of carbonyl (C=O) groups is 1. The van der Waals surface area contributed by atoms with Crippen LogP contribution in [0.5, 0.6) is 0 Å². The van der Waals surface area contributed by atoms with Crippen molar-refractivity contribution in [2.24, 2.45) is 0 Å². The van der Waals surface area contributed by atoms with Gasteiger partial charge in [0.1, 0.15) is 5.82 Å². The van der Waals surface area contributed by atoms with Crippen molar-refractivity contribution in [2.75, 3.05) is 0 Å². The van der Waals surface area contributed by atoms with Gasteiger partial charge in [0.15, 0.2) is 0 Å². The number of hydrogen-bond acceptors (Lipinski definition) is 1. The van der Waals surface area contributed by atoms with Crippen molar-refractivity contribution < 1.29 is 22.4 Å². The number of halogens is 4. The molecule has 17 heavy (non-hydrogen) atoms. The molecule has 1 nitrogen and oxygen atoms in total. The summed E-state index contributed by atoms with van der Waals surface area (Å²) in [5, 5.41) is 0. The van der Waals surface area contributed by atoms with Crippen molar-refractivity contribution in [2.45, 2.75) is 31.9 Å². The first-order valence-corrected chi connectivity index (χ1v) is 4.99. The van der Waals surface area contributed by atoms with Crippen molar-refractivity contribution in [1.29, 1.82) is 0 Å². The van der Waals surface area contributed by atoms with Crippen LogP contribution in [0, 0.1) is 5.82 Å². The predicted octanol–water partition coefficient (Wildman–Crippen LogP) is 3.62. The Balaban J connectivity index is 2.93. The van der Waals surface area contributed by atoms with Gasteiger partial charge in [0, 0.05) is 6.42 Å². The molecule has 94 valence electrons. The summed E-state index contributed by atoms with van der Waals surface area (Å²) in [4.78, 5) is 10.9. The second-order valence-electron chi connectivity index (χ2n) is 4.49. The minimum atomic E-state index is -4.84. The molecule has 5 heteroatoms. The van der Waals surface area contributed by atoms with Crippen LogP contribution >= 0.6 is 0 Å². The number of Topliss-reactive ketones (excluding diaryl/α,β-unsaturated/α-hetero) is 1. The van der Waals surface area contributed by atoms with E-state index in [1.807, 2.05) is 0 Å². The molecule has 0 radical (unpaired) electrons. The highest BCUT2D eigenvalue weighted by atomic mass is 19.4. The fourth-order valence-corrected chi connectivity index (χ4v) is 1.51. The topological polar surface area (TPSA) is 17.1 Å². The molecule has 0 N–H and O–H groups in total. The number of rotatable bonds is 3. The molecule has 0 amide bonds. The molecule has 0 saturated carbocycles. The van der Waals surface area contributed by atoms with Crippen LogP contribution in [-0.2, 0) is 10.2 Å². The molecule has 0 spiro atoms. The first-order chi connectivity index (χ1) is 7.63. The van der Waals surface area contributed by atoms with Crippen LogP contribution in [-0.4, -0.2) is 12.0 Å². The fourth-order valence-electron chi connectivity index (χ4n) is 1.51. The monoisotopic (exact) mass is 248 g/mol. The zero-order valence-electron chi connectivity index (χ0n) is 9.44. The molecule has 0 fully saturated rings. The lowest BCUT2D eigenvalue weighted by Crippen LogP contribution is -2.31. The van der Waals surface area contributed by atoms with Gasteiger partial charge in [-0.25, -0.2) is 4.39 Å². The van der Waals surface area contributed by atoms with Crippen LogP contribution < -0.4 is 0 Å². The number of benzene rings is 1. The van der Waals surface area contributed by atoms with E-state index >= 15 is 0 Å². The molecule has 0 heterocycles. The SMILES string of the molecule is CC(C)(CC(=O)C(F)(F)F)c1cccc(F)c1. The summed E-state index contributed by atoms with van der Waals surface area (Å²) < 4.78 is 49.4. The summed E-state index contributed by atoms with van der Waals surface area (Å²) in [6, 6.07) is 5.26. The van der Waals surface area contributed by atoms with Gasteiger partial charge in [-0.15, -0.1) is 0 Å². The third-order valence-corrected chi connectivity index (χ3v) is 2.52. The van der Waals surface area contributed by atoms with Gasteiger partial charge in [-0.2, -0.15) is 13.2 Å². The van der Waals surface area contributed by atoms with Gasteiger partial charge in [-0.05, 0) is 23.1 Å². The Bertz CT molecular complexity index is 421. The molecule has 0 aliphatic carbocycles. The van der Waals surface area contributed by atoms with E-state index in [0.717, 1.165) is 6.07 Å². The highest BCUT2D eigenvalue weighted by Gasteiger charge is 2.41. The average molecular weight is 248 g/mol. The van der Waals surface area contributed by atoms with Crippen molar-refractivity contribution in [3.05, 3.63) is 35.6 Å². The predicted molar refractivity (Wildman–Crippen MR) is 55.1 cm³/mol. The minimum Gasteiger partial charge on any atom is -0.290 e. The van der Waals surface area contributed by atoms with E-state index in [9.17, 15) is 22.4 Å². The maximum absolute atomic E-state index is 13.0. The molecule has 0 aliphatic heterocycles. The molecule has 0 aromatic heterocycles. The summed E-state index contributed by atoms with van der Waals surface area (Å²) in [5.74, 6) is -2.33. The lowest BCUT2D eigenvalue weighted by Gasteiger charge is -2.25. The second kappa shape index (κ2) is 4.47. The maximum atomic E-state index is 13.0. The Morgan fingerprint density at radius 3 is 2.29 bits per heavy atom. The molecule has 1 rings (SSSR count). The quantitative estimate of drug-likeness (QED) is 0.746. The highest BCUT2D eigenvalue weighted by Crippen LogP contribution is 2.31. The van der Waals surface area contributed by atoms with Crippen molar-refractivity contribution in [3.8, 4) is 0 Å². The summed E-state index contributed by atoms with van der Waals surface area (Å²) in [6.45, 7) is 2.96. The van der Waals surface area contributed by atoms with E-state index in [-0.39, 0.29) is 0 Å². The Morgan fingerprint density at radius 2 is 1.82 bits per heavy atom. The van der Waals surface area contributed by atoms with Crippen molar-refractivity contribution in [1.82, 2.24) is 0 Å². The van der Waals surface area contributed by atoms with Gasteiger partial charge in [0.05, 0.1) is 0 Å². The first kappa shape index (κ1) is 13.7. The average Bonchev–Trinajstić information content (AvgIpc) is 2.15. The fraction of sp³-hybridized carbons (Fsp3) is 0.417. The Kier molecular flexibility index (Phi) is 3.59. The van der Waals surface area contributed by atoms with Crippen LogP contribution in [0.4, 0.5) is 17.6 Å². The summed E-state index contributed by atoms with van der Waals surface area (Å²) in [5.41, 5.74) is -0.676. The summed E-state index contributed by atoms with van der Waals surface area (Å²) >= 11 is 0. The Labute approximate surface area is 96.4 Å². The van der Waals surface area contributed by atoms with Gasteiger partial charge >= 0.3 is 6.18 Å². The molecule has 0 atom stereocenters. The first-order valence-electron chi connectivity index (χ1n) is 4.99. The molecule has 1 aromatic carbocycles. The second-order valence-corrected chi connectivity index (χ2v) is 4.49. The number of hydrogen-bond donors (Lipinski definition) is 0.